The van der Waals surface area contributed by atoms with Gasteiger partial charge in [0.1, 0.15) is 59.8 Å². The van der Waals surface area contributed by atoms with Crippen molar-refractivity contribution in [1.82, 2.24) is 39.0 Å². The third kappa shape index (κ3) is 10.9. The molecule has 0 unspecified atom stereocenters. The van der Waals surface area contributed by atoms with Crippen molar-refractivity contribution in [3.8, 4) is 23.0 Å². The summed E-state index contributed by atoms with van der Waals surface area (Å²) in [4.78, 5) is 53.8. The number of anilines is 3. The van der Waals surface area contributed by atoms with E-state index in [-0.39, 0.29) is 30.7 Å². The van der Waals surface area contributed by atoms with Crippen LogP contribution in [-0.4, -0.2) is 77.3 Å². The van der Waals surface area contributed by atoms with Crippen LogP contribution in [0.4, 0.5) is 17.2 Å². The molecule has 8 aromatic rings. The molecule has 17 heteroatoms. The highest BCUT2D eigenvalue weighted by molar-refractivity contribution is 5.93. The van der Waals surface area contributed by atoms with E-state index in [2.05, 4.69) is 105 Å². The van der Waals surface area contributed by atoms with Crippen molar-refractivity contribution in [3.05, 3.63) is 137 Å². The quantitative estimate of drug-likeness (QED) is 0.0737. The third-order valence-corrected chi connectivity index (χ3v) is 12.1. The number of nitrogens with zero attached hydrogens (tertiary/aromatic N) is 8. The largest absolute Gasteiger partial charge is 0.493 e. The molecule has 2 amide bonds. The average molecular weight is 958 g/mol. The molecule has 0 spiro atoms. The van der Waals surface area contributed by atoms with Crippen LogP contribution < -0.4 is 35.3 Å². The number of hydrogen-bond donors (Lipinski definition) is 3. The molecule has 0 aliphatic heterocycles. The minimum atomic E-state index is -0.296. The van der Waals surface area contributed by atoms with Crippen molar-refractivity contribution in [1.29, 1.82) is 0 Å². The van der Waals surface area contributed by atoms with Gasteiger partial charge in [-0.2, -0.15) is 0 Å². The van der Waals surface area contributed by atoms with Gasteiger partial charge in [0.2, 0.25) is 11.8 Å². The minimum Gasteiger partial charge on any atom is -0.493 e. The number of ether oxygens (including phenoxy) is 4. The van der Waals surface area contributed by atoms with Crippen molar-refractivity contribution in [2.24, 2.45) is 0 Å². The number of amides is 2. The summed E-state index contributed by atoms with van der Waals surface area (Å²) in [6, 6.07) is 20.5. The zero-order valence-corrected chi connectivity index (χ0v) is 40.7. The Balaban J connectivity index is 1.22. The zero-order chi connectivity index (χ0) is 49.3. The van der Waals surface area contributed by atoms with E-state index >= 15 is 0 Å². The lowest BCUT2D eigenvalue weighted by Gasteiger charge is -2.24. The Morgan fingerprint density at radius 3 is 1.42 bits per heavy atom. The first-order chi connectivity index (χ1) is 34.7. The van der Waals surface area contributed by atoms with Crippen LogP contribution >= 0.6 is 0 Å². The molecule has 4 N–H and O–H groups in total. The summed E-state index contributed by atoms with van der Waals surface area (Å²) in [7, 11) is 0. The van der Waals surface area contributed by atoms with Crippen LogP contribution in [0.25, 0.3) is 22.3 Å². The molecule has 1 aliphatic rings. The number of nitrogens with two attached hydrogens (primary N) is 1. The number of rotatable bonds is 18. The second-order valence-electron chi connectivity index (χ2n) is 17.7. The fraction of sp³-hybridized carbons (Fsp3) is 0.333. The molecule has 0 radical (unpaired) electrons. The van der Waals surface area contributed by atoms with Gasteiger partial charge in [-0.3, -0.25) is 9.59 Å². The van der Waals surface area contributed by atoms with Gasteiger partial charge in [-0.15, -0.1) is 0 Å². The highest BCUT2D eigenvalue weighted by Gasteiger charge is 2.25. The van der Waals surface area contributed by atoms with Crippen molar-refractivity contribution in [2.75, 3.05) is 42.8 Å². The van der Waals surface area contributed by atoms with E-state index in [1.54, 1.807) is 21.7 Å². The van der Waals surface area contributed by atoms with E-state index in [0.717, 1.165) is 81.7 Å². The molecule has 4 heterocycles. The zero-order valence-electron chi connectivity index (χ0n) is 40.7. The first-order valence-electron chi connectivity index (χ1n) is 24.4. The molecule has 8 bridgehead atoms. The summed E-state index contributed by atoms with van der Waals surface area (Å²) in [6.07, 6.45) is 12.5. The summed E-state index contributed by atoms with van der Waals surface area (Å²) < 4.78 is 30.3. The van der Waals surface area contributed by atoms with E-state index in [1.165, 1.54) is 19.0 Å². The smallest absolute Gasteiger partial charge is 0.244 e. The first kappa shape index (κ1) is 48.0. The van der Waals surface area contributed by atoms with Crippen molar-refractivity contribution >= 4 is 51.3 Å². The normalized spacial score (nSPS) is 12.2. The molecule has 0 saturated heterocycles. The number of nitrogen functional groups attached to an aromatic ring is 1. The van der Waals surface area contributed by atoms with Gasteiger partial charge in [-0.1, -0.05) is 64.1 Å². The van der Waals surface area contributed by atoms with Gasteiger partial charge in [0.05, 0.1) is 45.3 Å². The summed E-state index contributed by atoms with van der Waals surface area (Å²) in [5, 5.41) is 6.39. The van der Waals surface area contributed by atoms with Gasteiger partial charge in [0, 0.05) is 59.3 Å². The van der Waals surface area contributed by atoms with E-state index in [9.17, 15) is 9.59 Å². The van der Waals surface area contributed by atoms with Gasteiger partial charge in [-0.25, -0.2) is 29.9 Å². The molecule has 4 aromatic heterocycles. The molecular formula is C54H59N11O6. The lowest BCUT2D eigenvalue weighted by Crippen LogP contribution is -2.19. The van der Waals surface area contributed by atoms with E-state index in [0.29, 0.717) is 97.3 Å². The molecule has 0 saturated carbocycles. The predicted molar refractivity (Wildman–Crippen MR) is 272 cm³/mol. The number of para-hydroxylation sites is 2. The van der Waals surface area contributed by atoms with E-state index in [1.807, 2.05) is 24.3 Å². The number of nitrogens with one attached hydrogen (secondary N) is 2. The Hall–Kier alpha value is -8.08. The SMILES string of the molecule is CCCOc1c2cccc1Cc1cc(NC(=O)Cn3cnc4cncnc43)cc(c1OCCC)Cc1cc(NC(=O)Cn3cnc4c(N)ncnc43)cc(c1OCCC)Cc1cccc(c1OCCC)C2. The summed E-state index contributed by atoms with van der Waals surface area (Å²) >= 11 is 0. The van der Waals surface area contributed by atoms with Gasteiger partial charge < -0.3 is 44.4 Å². The second-order valence-corrected chi connectivity index (χ2v) is 17.7. The summed E-state index contributed by atoms with van der Waals surface area (Å²) in [6.45, 7) is 10.2. The second kappa shape index (κ2) is 22.1. The Bertz CT molecular complexity index is 3200. The Kier molecular flexibility index (Phi) is 14.9. The molecule has 9 rings (SSSR count). The molecular weight excluding hydrogens is 899 g/mol. The molecule has 17 nitrogen and oxygen atoms in total. The van der Waals surface area contributed by atoms with Crippen LogP contribution in [0.15, 0.2) is 92.2 Å². The van der Waals surface area contributed by atoms with Crippen molar-refractivity contribution < 1.29 is 28.5 Å². The maximum Gasteiger partial charge on any atom is 0.244 e. The Labute approximate surface area is 412 Å². The number of carbonyl (C=O) groups is 2. The molecule has 366 valence electrons. The standard InChI is InChI=1S/C54H59N11O6/c1-5-15-68-48-34-11-9-13-36(48)20-38-23-42(62-45(66)28-64-32-60-44-27-56-30-58-53(44)64)25-40(50(38)70-17-7-3)22-41-26-43(63-46(67)29-65-33-61-47-52(55)57-31-59-54(47)65)24-39(51(41)71-18-8-4)21-37-14-10-12-35(19-34)49(37)69-16-6-2/h9-14,23-27,30-33H,5-8,15-22,28-29H2,1-4H3,(H,62,66)(H,63,67)(H2,55,57,59). The highest BCUT2D eigenvalue weighted by Crippen LogP contribution is 2.41. The average Bonchev–Trinajstić information content (AvgIpc) is 3.97. The maximum atomic E-state index is 14.1. The summed E-state index contributed by atoms with van der Waals surface area (Å²) in [5.74, 6) is 2.71. The topological polar surface area (TPSA) is 208 Å². The van der Waals surface area contributed by atoms with E-state index in [4.69, 9.17) is 24.7 Å². The Morgan fingerprint density at radius 1 is 0.535 bits per heavy atom. The van der Waals surface area contributed by atoms with Crippen LogP contribution in [0.5, 0.6) is 23.0 Å². The fourth-order valence-corrected chi connectivity index (χ4v) is 9.05. The molecule has 1 aliphatic carbocycles. The maximum absolute atomic E-state index is 14.1. The number of carbonyl (C=O) groups excluding carboxylic acids is 2. The number of aromatic nitrogens is 8. The molecule has 0 atom stereocenters. The number of hydrogen-bond acceptors (Lipinski definition) is 13. The Morgan fingerprint density at radius 2 is 0.944 bits per heavy atom. The molecule has 71 heavy (non-hydrogen) atoms. The number of fused-ring (bicyclic) bond motifs is 10. The van der Waals surface area contributed by atoms with E-state index < -0.39 is 0 Å². The highest BCUT2D eigenvalue weighted by atomic mass is 16.5. The van der Waals surface area contributed by atoms with Crippen LogP contribution in [0.3, 0.4) is 0 Å². The summed E-state index contributed by atoms with van der Waals surface area (Å²) in [5.41, 5.74) is 16.6. The van der Waals surface area contributed by atoms with Crippen LogP contribution in [0, 0.1) is 0 Å². The van der Waals surface area contributed by atoms with Crippen molar-refractivity contribution in [3.63, 3.8) is 0 Å². The van der Waals surface area contributed by atoms with Gasteiger partial charge in [0.25, 0.3) is 0 Å². The van der Waals surface area contributed by atoms with Gasteiger partial charge in [0.15, 0.2) is 17.1 Å². The molecule has 0 fully saturated rings. The number of imidazole rings is 2. The minimum absolute atomic E-state index is 0.0251. The van der Waals surface area contributed by atoms with Crippen LogP contribution in [0.1, 0.15) is 97.9 Å². The van der Waals surface area contributed by atoms with Gasteiger partial charge >= 0.3 is 0 Å². The van der Waals surface area contributed by atoms with Crippen LogP contribution in [0.2, 0.25) is 0 Å². The lowest BCUT2D eigenvalue weighted by atomic mass is 9.90. The third-order valence-electron chi connectivity index (χ3n) is 12.1. The lowest BCUT2D eigenvalue weighted by molar-refractivity contribution is -0.117. The first-order valence-corrected chi connectivity index (χ1v) is 24.4. The monoisotopic (exact) mass is 957 g/mol. The number of benzene rings is 4. The van der Waals surface area contributed by atoms with Crippen molar-refractivity contribution in [2.45, 2.75) is 92.2 Å². The van der Waals surface area contributed by atoms with Gasteiger partial charge in [-0.05, 0) is 72.2 Å². The fourth-order valence-electron chi connectivity index (χ4n) is 9.05. The molecule has 4 aromatic carbocycles. The van der Waals surface area contributed by atoms with Crippen LogP contribution in [-0.2, 0) is 48.4 Å². The predicted octanol–water partition coefficient (Wildman–Crippen LogP) is 8.66.